The highest BCUT2D eigenvalue weighted by Gasteiger charge is 2.32. The van der Waals surface area contributed by atoms with Gasteiger partial charge in [0.2, 0.25) is 10.0 Å². The maximum Gasteiger partial charge on any atom is 0.245 e. The van der Waals surface area contributed by atoms with Crippen molar-refractivity contribution in [3.63, 3.8) is 0 Å². The molecule has 112 valence electrons. The number of nitrogens with two attached hydrogens (primary N) is 1. The smallest absolute Gasteiger partial charge is 0.245 e. The summed E-state index contributed by atoms with van der Waals surface area (Å²) >= 11 is 0. The summed E-state index contributed by atoms with van der Waals surface area (Å²) in [5.74, 6) is 0. The van der Waals surface area contributed by atoms with E-state index in [1.165, 1.54) is 4.31 Å². The van der Waals surface area contributed by atoms with E-state index in [4.69, 9.17) is 10.5 Å². The van der Waals surface area contributed by atoms with Crippen LogP contribution < -0.4 is 5.73 Å². The predicted molar refractivity (Wildman–Crippen MR) is 79.1 cm³/mol. The molecular weight excluding hydrogens is 276 g/mol. The Bertz CT molecular complexity index is 599. The lowest BCUT2D eigenvalue weighted by molar-refractivity contribution is 0.0572. The molecule has 1 saturated heterocycles. The second kappa shape index (κ2) is 5.71. The van der Waals surface area contributed by atoms with Crippen LogP contribution in [-0.2, 0) is 14.8 Å². The molecule has 1 aromatic rings. The Balaban J connectivity index is 2.43. The molecule has 1 aromatic carbocycles. The number of aryl methyl sites for hydroxylation is 1. The zero-order valence-corrected chi connectivity index (χ0v) is 13.0. The van der Waals surface area contributed by atoms with Gasteiger partial charge in [0.1, 0.15) is 4.90 Å². The van der Waals surface area contributed by atoms with Gasteiger partial charge in [-0.15, -0.1) is 0 Å². The molecule has 0 aromatic heterocycles. The summed E-state index contributed by atoms with van der Waals surface area (Å²) < 4.78 is 32.5. The van der Waals surface area contributed by atoms with Crippen LogP contribution in [0.4, 0.5) is 5.69 Å². The van der Waals surface area contributed by atoms with E-state index in [0.717, 1.165) is 24.0 Å². The SMILES string of the molecule is COC1CCCN(S(=O)(=O)c2c(N)ccc(C)c2C)C1. The zero-order valence-electron chi connectivity index (χ0n) is 12.2. The average Bonchev–Trinajstić information content (AvgIpc) is 2.43. The largest absolute Gasteiger partial charge is 0.398 e. The van der Waals surface area contributed by atoms with E-state index in [1.807, 2.05) is 13.0 Å². The minimum Gasteiger partial charge on any atom is -0.398 e. The normalized spacial score (nSPS) is 21.1. The van der Waals surface area contributed by atoms with Gasteiger partial charge in [0.15, 0.2) is 0 Å². The number of anilines is 1. The molecule has 1 heterocycles. The number of methoxy groups -OCH3 is 1. The Labute approximate surface area is 120 Å². The molecule has 1 unspecified atom stereocenters. The molecule has 6 heteroatoms. The molecule has 0 bridgehead atoms. The van der Waals surface area contributed by atoms with Crippen molar-refractivity contribution in [2.24, 2.45) is 0 Å². The van der Waals surface area contributed by atoms with E-state index in [1.54, 1.807) is 20.1 Å². The maximum absolute atomic E-state index is 12.8. The van der Waals surface area contributed by atoms with Crippen molar-refractivity contribution in [1.82, 2.24) is 4.31 Å². The standard InChI is InChI=1S/C14H22N2O3S/c1-10-6-7-13(15)14(11(10)2)20(17,18)16-8-4-5-12(9-16)19-3/h6-7,12H,4-5,8-9,15H2,1-3H3. The number of ether oxygens (including phenoxy) is 1. The monoisotopic (exact) mass is 298 g/mol. The van der Waals surface area contributed by atoms with Gasteiger partial charge in [0.25, 0.3) is 0 Å². The summed E-state index contributed by atoms with van der Waals surface area (Å²) in [5, 5.41) is 0. The fraction of sp³-hybridized carbons (Fsp3) is 0.571. The van der Waals surface area contributed by atoms with Crippen LogP contribution in [0.3, 0.4) is 0 Å². The van der Waals surface area contributed by atoms with Gasteiger partial charge in [-0.25, -0.2) is 8.42 Å². The first kappa shape index (κ1) is 15.3. The molecule has 0 aliphatic carbocycles. The molecule has 1 aliphatic heterocycles. The molecule has 1 atom stereocenters. The Kier molecular flexibility index (Phi) is 4.36. The van der Waals surface area contributed by atoms with E-state index in [-0.39, 0.29) is 11.0 Å². The average molecular weight is 298 g/mol. The number of rotatable bonds is 3. The number of piperidine rings is 1. The van der Waals surface area contributed by atoms with Crippen molar-refractivity contribution in [2.75, 3.05) is 25.9 Å². The van der Waals surface area contributed by atoms with Crippen LogP contribution in [0, 0.1) is 13.8 Å². The fourth-order valence-corrected chi connectivity index (χ4v) is 4.50. The highest BCUT2D eigenvalue weighted by atomic mass is 32.2. The number of nitrogens with zero attached hydrogens (tertiary/aromatic N) is 1. The predicted octanol–water partition coefficient (Wildman–Crippen LogP) is 1.69. The number of hydrogen-bond donors (Lipinski definition) is 1. The van der Waals surface area contributed by atoms with Crippen molar-refractivity contribution in [3.05, 3.63) is 23.3 Å². The lowest BCUT2D eigenvalue weighted by Crippen LogP contribution is -2.43. The third kappa shape index (κ3) is 2.68. The van der Waals surface area contributed by atoms with Crippen LogP contribution in [0.15, 0.2) is 17.0 Å². The van der Waals surface area contributed by atoms with Gasteiger partial charge in [-0.05, 0) is 43.9 Å². The molecule has 2 N–H and O–H groups in total. The van der Waals surface area contributed by atoms with Gasteiger partial charge < -0.3 is 10.5 Å². The van der Waals surface area contributed by atoms with E-state index < -0.39 is 10.0 Å². The van der Waals surface area contributed by atoms with Gasteiger partial charge in [-0.3, -0.25) is 0 Å². The first-order chi connectivity index (χ1) is 9.37. The second-order valence-corrected chi connectivity index (χ2v) is 7.16. The highest BCUT2D eigenvalue weighted by Crippen LogP contribution is 2.30. The van der Waals surface area contributed by atoms with Crippen LogP contribution in [-0.4, -0.2) is 39.0 Å². The Morgan fingerprint density at radius 2 is 2.05 bits per heavy atom. The van der Waals surface area contributed by atoms with Gasteiger partial charge in [0.05, 0.1) is 11.8 Å². The summed E-state index contributed by atoms with van der Waals surface area (Å²) in [6.45, 7) is 4.61. The van der Waals surface area contributed by atoms with Crippen LogP contribution >= 0.6 is 0 Å². The maximum atomic E-state index is 12.8. The third-order valence-corrected chi connectivity index (χ3v) is 6.05. The Hall–Kier alpha value is -1.11. The molecule has 1 fully saturated rings. The number of nitrogen functional groups attached to an aromatic ring is 1. The number of benzene rings is 1. The quantitative estimate of drug-likeness (QED) is 0.862. The molecule has 0 saturated carbocycles. The van der Waals surface area contributed by atoms with Crippen LogP contribution in [0.25, 0.3) is 0 Å². The first-order valence-corrected chi connectivity index (χ1v) is 8.20. The summed E-state index contributed by atoms with van der Waals surface area (Å²) in [5.41, 5.74) is 7.88. The minimum absolute atomic E-state index is 0.0372. The Morgan fingerprint density at radius 3 is 2.70 bits per heavy atom. The van der Waals surface area contributed by atoms with Crippen molar-refractivity contribution < 1.29 is 13.2 Å². The van der Waals surface area contributed by atoms with Crippen molar-refractivity contribution in [1.29, 1.82) is 0 Å². The topological polar surface area (TPSA) is 72.6 Å². The van der Waals surface area contributed by atoms with E-state index >= 15 is 0 Å². The van der Waals surface area contributed by atoms with Crippen LogP contribution in [0.5, 0.6) is 0 Å². The molecular formula is C14H22N2O3S. The van der Waals surface area contributed by atoms with Crippen molar-refractivity contribution in [3.8, 4) is 0 Å². The molecule has 1 aliphatic rings. The van der Waals surface area contributed by atoms with Gasteiger partial charge in [-0.2, -0.15) is 4.31 Å². The highest BCUT2D eigenvalue weighted by molar-refractivity contribution is 7.89. The van der Waals surface area contributed by atoms with Gasteiger partial charge in [0, 0.05) is 20.2 Å². The van der Waals surface area contributed by atoms with E-state index in [2.05, 4.69) is 0 Å². The van der Waals surface area contributed by atoms with E-state index in [9.17, 15) is 8.42 Å². The summed E-state index contributed by atoms with van der Waals surface area (Å²) in [6.07, 6.45) is 1.66. The number of hydrogen-bond acceptors (Lipinski definition) is 4. The molecule has 5 nitrogen and oxygen atoms in total. The fourth-order valence-electron chi connectivity index (χ4n) is 2.60. The lowest BCUT2D eigenvalue weighted by atomic mass is 10.1. The molecule has 0 radical (unpaired) electrons. The second-order valence-electron chi connectivity index (χ2n) is 5.29. The molecule has 20 heavy (non-hydrogen) atoms. The van der Waals surface area contributed by atoms with Crippen molar-refractivity contribution >= 4 is 15.7 Å². The van der Waals surface area contributed by atoms with Crippen molar-refractivity contribution in [2.45, 2.75) is 37.7 Å². The van der Waals surface area contributed by atoms with Gasteiger partial charge >= 0.3 is 0 Å². The van der Waals surface area contributed by atoms with Gasteiger partial charge in [-0.1, -0.05) is 6.07 Å². The molecule has 2 rings (SSSR count). The first-order valence-electron chi connectivity index (χ1n) is 6.76. The summed E-state index contributed by atoms with van der Waals surface area (Å²) in [6, 6.07) is 3.50. The summed E-state index contributed by atoms with van der Waals surface area (Å²) in [7, 11) is -1.94. The minimum atomic E-state index is -3.56. The molecule has 0 spiro atoms. The van der Waals surface area contributed by atoms with E-state index in [0.29, 0.717) is 18.8 Å². The molecule has 0 amide bonds. The zero-order chi connectivity index (χ0) is 14.9. The van der Waals surface area contributed by atoms with Crippen LogP contribution in [0.1, 0.15) is 24.0 Å². The van der Waals surface area contributed by atoms with Crippen LogP contribution in [0.2, 0.25) is 0 Å². The lowest BCUT2D eigenvalue weighted by Gasteiger charge is -2.31. The Morgan fingerprint density at radius 1 is 1.35 bits per heavy atom. The summed E-state index contributed by atoms with van der Waals surface area (Å²) in [4.78, 5) is 0.245. The number of sulfonamides is 1. The third-order valence-electron chi connectivity index (χ3n) is 3.98.